The topological polar surface area (TPSA) is 37.3 Å². The monoisotopic (exact) mass is 254 g/mol. The summed E-state index contributed by atoms with van der Waals surface area (Å²) in [5.41, 5.74) is -0.107. The first-order chi connectivity index (χ1) is 8.17. The van der Waals surface area contributed by atoms with Gasteiger partial charge in [-0.15, -0.1) is 0 Å². The first kappa shape index (κ1) is 15.5. The van der Waals surface area contributed by atoms with Crippen molar-refractivity contribution < 1.29 is 9.90 Å². The Morgan fingerprint density at radius 3 is 2.00 bits per heavy atom. The van der Waals surface area contributed by atoms with Crippen molar-refractivity contribution in [2.75, 3.05) is 0 Å². The molecule has 1 saturated carbocycles. The fraction of sp³-hybridized carbons (Fsp3) is 0.938. The largest absolute Gasteiger partial charge is 0.481 e. The summed E-state index contributed by atoms with van der Waals surface area (Å²) in [6.07, 6.45) is 5.81. The molecule has 106 valence electrons. The van der Waals surface area contributed by atoms with Crippen molar-refractivity contribution in [2.24, 2.45) is 22.7 Å². The van der Waals surface area contributed by atoms with E-state index in [2.05, 4.69) is 34.6 Å². The Kier molecular flexibility index (Phi) is 4.85. The van der Waals surface area contributed by atoms with E-state index in [-0.39, 0.29) is 0 Å². The molecular weight excluding hydrogens is 224 g/mol. The summed E-state index contributed by atoms with van der Waals surface area (Å²) in [6.45, 7) is 11.2. The fourth-order valence-corrected chi connectivity index (χ4v) is 3.47. The Hall–Kier alpha value is -0.530. The van der Waals surface area contributed by atoms with Crippen molar-refractivity contribution in [1.29, 1.82) is 0 Å². The Morgan fingerprint density at radius 1 is 1.11 bits per heavy atom. The molecule has 0 bridgehead atoms. The van der Waals surface area contributed by atoms with Gasteiger partial charge in [0.05, 0.1) is 5.41 Å². The first-order valence-corrected chi connectivity index (χ1v) is 7.40. The zero-order valence-electron chi connectivity index (χ0n) is 12.8. The van der Waals surface area contributed by atoms with Crippen LogP contribution in [0.25, 0.3) is 0 Å². The minimum Gasteiger partial charge on any atom is -0.481 e. The zero-order chi connectivity index (χ0) is 14.0. The van der Waals surface area contributed by atoms with Crippen molar-refractivity contribution >= 4 is 5.97 Å². The van der Waals surface area contributed by atoms with Gasteiger partial charge >= 0.3 is 5.97 Å². The molecule has 1 fully saturated rings. The summed E-state index contributed by atoms with van der Waals surface area (Å²) < 4.78 is 0. The van der Waals surface area contributed by atoms with Gasteiger partial charge in [-0.05, 0) is 55.8 Å². The van der Waals surface area contributed by atoms with Gasteiger partial charge in [0.2, 0.25) is 0 Å². The van der Waals surface area contributed by atoms with Crippen LogP contribution in [0.2, 0.25) is 0 Å². The van der Waals surface area contributed by atoms with Gasteiger partial charge in [0, 0.05) is 0 Å². The highest BCUT2D eigenvalue weighted by Gasteiger charge is 2.44. The molecule has 0 aliphatic heterocycles. The highest BCUT2D eigenvalue weighted by Crippen LogP contribution is 2.48. The second-order valence-corrected chi connectivity index (χ2v) is 7.69. The molecule has 1 aliphatic carbocycles. The Labute approximate surface area is 112 Å². The second kappa shape index (κ2) is 5.63. The van der Waals surface area contributed by atoms with Gasteiger partial charge in [0.25, 0.3) is 0 Å². The van der Waals surface area contributed by atoms with Crippen LogP contribution in [-0.2, 0) is 4.79 Å². The van der Waals surface area contributed by atoms with Gasteiger partial charge in [0.15, 0.2) is 0 Å². The molecule has 0 saturated heterocycles. The number of carbonyl (C=O) groups is 1. The van der Waals surface area contributed by atoms with Crippen molar-refractivity contribution in [3.05, 3.63) is 0 Å². The molecule has 0 aromatic heterocycles. The number of hydrogen-bond donors (Lipinski definition) is 1. The fourth-order valence-electron chi connectivity index (χ4n) is 3.47. The standard InChI is InChI=1S/C16H30O2/c1-12(2)10-13(3)11-16(14(17)18)8-6-15(4,5)7-9-16/h12-13H,6-11H2,1-5H3,(H,17,18). The molecule has 0 aromatic carbocycles. The van der Waals surface area contributed by atoms with Gasteiger partial charge in [0.1, 0.15) is 0 Å². The summed E-state index contributed by atoms with van der Waals surface area (Å²) in [7, 11) is 0. The summed E-state index contributed by atoms with van der Waals surface area (Å²) in [4.78, 5) is 11.7. The van der Waals surface area contributed by atoms with E-state index in [1.165, 1.54) is 0 Å². The number of hydrogen-bond acceptors (Lipinski definition) is 1. The van der Waals surface area contributed by atoms with Crippen LogP contribution >= 0.6 is 0 Å². The SMILES string of the molecule is CC(C)CC(C)CC1(C(=O)O)CCC(C)(C)CC1. The molecule has 0 spiro atoms. The van der Waals surface area contributed by atoms with E-state index < -0.39 is 11.4 Å². The highest BCUT2D eigenvalue weighted by atomic mass is 16.4. The molecule has 1 unspecified atom stereocenters. The smallest absolute Gasteiger partial charge is 0.309 e. The molecule has 1 rings (SSSR count). The van der Waals surface area contributed by atoms with Crippen molar-refractivity contribution in [2.45, 2.75) is 73.1 Å². The quantitative estimate of drug-likeness (QED) is 0.770. The average Bonchev–Trinajstić information content (AvgIpc) is 2.20. The van der Waals surface area contributed by atoms with E-state index in [1.54, 1.807) is 0 Å². The molecule has 1 N–H and O–H groups in total. The maximum Gasteiger partial charge on any atom is 0.309 e. The maximum atomic E-state index is 11.7. The van der Waals surface area contributed by atoms with Crippen LogP contribution < -0.4 is 0 Å². The molecular formula is C16H30O2. The number of rotatable bonds is 5. The molecule has 18 heavy (non-hydrogen) atoms. The highest BCUT2D eigenvalue weighted by molar-refractivity contribution is 5.74. The van der Waals surface area contributed by atoms with E-state index in [1.807, 2.05) is 0 Å². The predicted octanol–water partition coefficient (Wildman–Crippen LogP) is 4.73. The minimum atomic E-state index is -0.561. The zero-order valence-corrected chi connectivity index (χ0v) is 12.8. The average molecular weight is 254 g/mol. The Balaban J connectivity index is 2.69. The van der Waals surface area contributed by atoms with Gasteiger partial charge in [-0.3, -0.25) is 4.79 Å². The van der Waals surface area contributed by atoms with E-state index in [9.17, 15) is 9.90 Å². The molecule has 2 heteroatoms. The minimum absolute atomic E-state index is 0.334. The summed E-state index contributed by atoms with van der Waals surface area (Å²) in [6, 6.07) is 0. The maximum absolute atomic E-state index is 11.7. The molecule has 0 radical (unpaired) electrons. The molecule has 2 nitrogen and oxygen atoms in total. The molecule has 1 atom stereocenters. The third kappa shape index (κ3) is 4.00. The second-order valence-electron chi connectivity index (χ2n) is 7.69. The van der Waals surface area contributed by atoms with Gasteiger partial charge in [-0.2, -0.15) is 0 Å². The van der Waals surface area contributed by atoms with Crippen LogP contribution in [0.1, 0.15) is 73.1 Å². The number of aliphatic carboxylic acids is 1. The number of carboxylic acid groups (broad SMARTS) is 1. The van der Waals surface area contributed by atoms with Crippen LogP contribution in [0.3, 0.4) is 0 Å². The summed E-state index contributed by atoms with van der Waals surface area (Å²) in [5.74, 6) is 0.613. The predicted molar refractivity (Wildman–Crippen MR) is 75.6 cm³/mol. The summed E-state index contributed by atoms with van der Waals surface area (Å²) >= 11 is 0. The molecule has 0 amide bonds. The lowest BCUT2D eigenvalue weighted by Gasteiger charge is -2.42. The van der Waals surface area contributed by atoms with Gasteiger partial charge in [-0.1, -0.05) is 34.6 Å². The van der Waals surface area contributed by atoms with E-state index in [0.717, 1.165) is 38.5 Å². The van der Waals surface area contributed by atoms with Gasteiger partial charge < -0.3 is 5.11 Å². The first-order valence-electron chi connectivity index (χ1n) is 7.40. The third-order valence-electron chi connectivity index (χ3n) is 4.63. The summed E-state index contributed by atoms with van der Waals surface area (Å²) in [5, 5.41) is 9.64. The normalized spacial score (nSPS) is 23.9. The van der Waals surface area contributed by atoms with Crippen molar-refractivity contribution in [3.8, 4) is 0 Å². The van der Waals surface area contributed by atoms with Crippen molar-refractivity contribution in [3.63, 3.8) is 0 Å². The Morgan fingerprint density at radius 2 is 1.61 bits per heavy atom. The lowest BCUT2D eigenvalue weighted by atomic mass is 9.62. The van der Waals surface area contributed by atoms with Crippen molar-refractivity contribution in [1.82, 2.24) is 0 Å². The van der Waals surface area contributed by atoms with E-state index >= 15 is 0 Å². The van der Waals surface area contributed by atoms with Crippen LogP contribution in [-0.4, -0.2) is 11.1 Å². The van der Waals surface area contributed by atoms with E-state index in [0.29, 0.717) is 17.3 Å². The van der Waals surface area contributed by atoms with Crippen LogP contribution in [0.5, 0.6) is 0 Å². The van der Waals surface area contributed by atoms with Crippen LogP contribution in [0.4, 0.5) is 0 Å². The van der Waals surface area contributed by atoms with Gasteiger partial charge in [-0.25, -0.2) is 0 Å². The molecule has 0 aromatic rings. The third-order valence-corrected chi connectivity index (χ3v) is 4.63. The van der Waals surface area contributed by atoms with E-state index in [4.69, 9.17) is 0 Å². The molecule has 0 heterocycles. The Bertz CT molecular complexity index is 281. The molecule has 1 aliphatic rings. The lowest BCUT2D eigenvalue weighted by Crippen LogP contribution is -2.39. The van der Waals surface area contributed by atoms with Crippen LogP contribution in [0, 0.1) is 22.7 Å². The number of carboxylic acids is 1. The van der Waals surface area contributed by atoms with Crippen LogP contribution in [0.15, 0.2) is 0 Å². The lowest BCUT2D eigenvalue weighted by molar-refractivity contribution is -0.154.